The number of hydrogen-bond donors (Lipinski definition) is 1. The van der Waals surface area contributed by atoms with Gasteiger partial charge >= 0.3 is 0 Å². The molecule has 0 aliphatic heterocycles. The van der Waals surface area contributed by atoms with E-state index in [1.54, 1.807) is 0 Å². The molecule has 0 saturated heterocycles. The molecule has 2 rings (SSSR count). The molecule has 0 spiro atoms. The lowest BCUT2D eigenvalue weighted by Gasteiger charge is -2.00. The summed E-state index contributed by atoms with van der Waals surface area (Å²) < 4.78 is 0. The minimum atomic E-state index is 0.656. The number of hydrogen-bond acceptors (Lipinski definition) is 1. The summed E-state index contributed by atoms with van der Waals surface area (Å²) in [6.45, 7) is 0. The molecule has 0 heterocycles. The zero-order valence-corrected chi connectivity index (χ0v) is 9.18. The number of carbonyl (C=O) groups excluding carboxylic acids is 1. The van der Waals surface area contributed by atoms with Crippen molar-refractivity contribution in [2.45, 2.75) is 0 Å². The molecule has 0 bridgehead atoms. The van der Waals surface area contributed by atoms with Crippen LogP contribution in [-0.2, 0) is 4.79 Å². The molecule has 2 aromatic carbocycles. The first-order valence-electron chi connectivity index (χ1n) is 5.26. The van der Waals surface area contributed by atoms with E-state index in [0.717, 1.165) is 16.8 Å². The first kappa shape index (κ1) is 11.0. The highest BCUT2D eigenvalue weighted by atomic mass is 16.1. The number of para-hydroxylation sites is 1. The quantitative estimate of drug-likeness (QED) is 0.613. The van der Waals surface area contributed by atoms with E-state index in [1.165, 1.54) is 0 Å². The summed E-state index contributed by atoms with van der Waals surface area (Å²) in [5.41, 5.74) is 2.49. The van der Waals surface area contributed by atoms with Crippen molar-refractivity contribution in [3.8, 4) is 11.8 Å². The minimum Gasteiger partial charge on any atom is -0.328 e. The van der Waals surface area contributed by atoms with Crippen LogP contribution in [-0.4, -0.2) is 6.41 Å². The Kier molecular flexibility index (Phi) is 3.57. The van der Waals surface area contributed by atoms with Gasteiger partial charge in [0.15, 0.2) is 0 Å². The van der Waals surface area contributed by atoms with Gasteiger partial charge in [-0.1, -0.05) is 42.2 Å². The Balaban J connectivity index is 2.30. The molecule has 1 N–H and O–H groups in total. The van der Waals surface area contributed by atoms with Gasteiger partial charge in [-0.3, -0.25) is 4.79 Å². The van der Waals surface area contributed by atoms with Crippen LogP contribution >= 0.6 is 0 Å². The van der Waals surface area contributed by atoms with Crippen LogP contribution in [0.3, 0.4) is 0 Å². The largest absolute Gasteiger partial charge is 0.328 e. The van der Waals surface area contributed by atoms with Crippen LogP contribution in [0, 0.1) is 11.8 Å². The molecule has 2 heteroatoms. The van der Waals surface area contributed by atoms with E-state index < -0.39 is 0 Å². The van der Waals surface area contributed by atoms with E-state index >= 15 is 0 Å². The molecule has 82 valence electrons. The molecule has 0 radical (unpaired) electrons. The highest BCUT2D eigenvalue weighted by Crippen LogP contribution is 2.12. The summed E-state index contributed by atoms with van der Waals surface area (Å²) >= 11 is 0. The van der Waals surface area contributed by atoms with Crippen LogP contribution in [0.2, 0.25) is 0 Å². The van der Waals surface area contributed by atoms with Gasteiger partial charge in [-0.05, 0) is 24.3 Å². The van der Waals surface area contributed by atoms with Gasteiger partial charge in [0, 0.05) is 11.1 Å². The van der Waals surface area contributed by atoms with Crippen molar-refractivity contribution >= 4 is 12.1 Å². The minimum absolute atomic E-state index is 0.656. The molecule has 17 heavy (non-hydrogen) atoms. The van der Waals surface area contributed by atoms with Gasteiger partial charge in [-0.15, -0.1) is 0 Å². The number of amides is 1. The SMILES string of the molecule is O=CNc1ccccc1C#Cc1ccccc1. The first-order chi connectivity index (χ1) is 8.40. The molecule has 0 unspecified atom stereocenters. The van der Waals surface area contributed by atoms with E-state index in [2.05, 4.69) is 17.2 Å². The molecule has 0 saturated carbocycles. The van der Waals surface area contributed by atoms with E-state index in [4.69, 9.17) is 0 Å². The number of nitrogens with one attached hydrogen (secondary N) is 1. The highest BCUT2D eigenvalue weighted by molar-refractivity contribution is 5.75. The maximum atomic E-state index is 10.4. The third-order valence-corrected chi connectivity index (χ3v) is 2.26. The van der Waals surface area contributed by atoms with Crippen LogP contribution in [0.5, 0.6) is 0 Å². The molecule has 0 atom stereocenters. The van der Waals surface area contributed by atoms with E-state index in [9.17, 15) is 4.79 Å². The third-order valence-electron chi connectivity index (χ3n) is 2.26. The van der Waals surface area contributed by atoms with Crippen molar-refractivity contribution in [1.29, 1.82) is 0 Å². The Morgan fingerprint density at radius 3 is 2.35 bits per heavy atom. The molecule has 0 fully saturated rings. The Bertz CT molecular complexity index is 564. The fourth-order valence-electron chi connectivity index (χ4n) is 1.44. The van der Waals surface area contributed by atoms with Crippen LogP contribution < -0.4 is 5.32 Å². The van der Waals surface area contributed by atoms with Crippen LogP contribution in [0.4, 0.5) is 5.69 Å². The maximum absolute atomic E-state index is 10.4. The number of carbonyl (C=O) groups is 1. The summed E-state index contributed by atoms with van der Waals surface area (Å²) in [6.07, 6.45) is 0.656. The second-order valence-electron chi connectivity index (χ2n) is 3.42. The Morgan fingerprint density at radius 2 is 1.59 bits per heavy atom. The summed E-state index contributed by atoms with van der Waals surface area (Å²) in [4.78, 5) is 10.4. The van der Waals surface area contributed by atoms with Crippen molar-refractivity contribution in [2.75, 3.05) is 5.32 Å². The van der Waals surface area contributed by atoms with Gasteiger partial charge < -0.3 is 5.32 Å². The Hall–Kier alpha value is -2.53. The zero-order chi connectivity index (χ0) is 11.9. The summed E-state index contributed by atoms with van der Waals surface area (Å²) in [6, 6.07) is 17.2. The van der Waals surface area contributed by atoms with Crippen molar-refractivity contribution in [3.63, 3.8) is 0 Å². The van der Waals surface area contributed by atoms with Gasteiger partial charge in [-0.25, -0.2) is 0 Å². The first-order valence-corrected chi connectivity index (χ1v) is 5.26. The summed E-state index contributed by atoms with van der Waals surface area (Å²) in [5, 5.41) is 2.63. The van der Waals surface area contributed by atoms with Crippen molar-refractivity contribution < 1.29 is 4.79 Å². The van der Waals surface area contributed by atoms with Gasteiger partial charge in [0.2, 0.25) is 6.41 Å². The fourth-order valence-corrected chi connectivity index (χ4v) is 1.44. The van der Waals surface area contributed by atoms with Gasteiger partial charge in [0.25, 0.3) is 0 Å². The Morgan fingerprint density at radius 1 is 0.882 bits per heavy atom. The van der Waals surface area contributed by atoms with Crippen molar-refractivity contribution in [2.24, 2.45) is 0 Å². The van der Waals surface area contributed by atoms with E-state index in [1.807, 2.05) is 54.6 Å². The molecule has 0 aliphatic rings. The van der Waals surface area contributed by atoms with E-state index in [0.29, 0.717) is 6.41 Å². The van der Waals surface area contributed by atoms with Gasteiger partial charge in [-0.2, -0.15) is 0 Å². The third kappa shape index (κ3) is 2.96. The predicted octanol–water partition coefficient (Wildman–Crippen LogP) is 2.65. The van der Waals surface area contributed by atoms with Crippen LogP contribution in [0.15, 0.2) is 54.6 Å². The van der Waals surface area contributed by atoms with Crippen LogP contribution in [0.1, 0.15) is 11.1 Å². The predicted molar refractivity (Wildman–Crippen MR) is 68.6 cm³/mol. The maximum Gasteiger partial charge on any atom is 0.211 e. The highest BCUT2D eigenvalue weighted by Gasteiger charge is 1.95. The van der Waals surface area contributed by atoms with Gasteiger partial charge in [0.1, 0.15) is 0 Å². The average Bonchev–Trinajstić information content (AvgIpc) is 2.39. The molecular formula is C15H11NO. The molecule has 2 aromatic rings. The standard InChI is InChI=1S/C15H11NO/c17-12-16-15-9-5-4-8-14(15)11-10-13-6-2-1-3-7-13/h1-9,12H,(H,16,17). The smallest absolute Gasteiger partial charge is 0.211 e. The lowest BCUT2D eigenvalue weighted by Crippen LogP contribution is -1.95. The Labute approximate surface area is 100 Å². The normalized spacial score (nSPS) is 8.94. The fraction of sp³-hybridized carbons (Fsp3) is 0. The number of benzene rings is 2. The lowest BCUT2D eigenvalue weighted by molar-refractivity contribution is -0.105. The molecule has 2 nitrogen and oxygen atoms in total. The van der Waals surface area contributed by atoms with Crippen molar-refractivity contribution in [1.82, 2.24) is 0 Å². The molecule has 0 aromatic heterocycles. The van der Waals surface area contributed by atoms with E-state index in [-0.39, 0.29) is 0 Å². The topological polar surface area (TPSA) is 29.1 Å². The number of anilines is 1. The monoisotopic (exact) mass is 221 g/mol. The van der Waals surface area contributed by atoms with Gasteiger partial charge in [0.05, 0.1) is 5.69 Å². The average molecular weight is 221 g/mol. The molecule has 0 aliphatic carbocycles. The molecule has 1 amide bonds. The number of rotatable bonds is 2. The summed E-state index contributed by atoms with van der Waals surface area (Å²) in [7, 11) is 0. The van der Waals surface area contributed by atoms with Crippen molar-refractivity contribution in [3.05, 3.63) is 65.7 Å². The summed E-state index contributed by atoms with van der Waals surface area (Å²) in [5.74, 6) is 6.10. The lowest BCUT2D eigenvalue weighted by atomic mass is 10.1. The second-order valence-corrected chi connectivity index (χ2v) is 3.42. The molecular weight excluding hydrogens is 210 g/mol. The second kappa shape index (κ2) is 5.53. The zero-order valence-electron chi connectivity index (χ0n) is 9.18. The van der Waals surface area contributed by atoms with Crippen LogP contribution in [0.25, 0.3) is 0 Å².